The predicted molar refractivity (Wildman–Crippen MR) is 143 cm³/mol. The van der Waals surface area contributed by atoms with Crippen LogP contribution in [0.3, 0.4) is 0 Å². The Kier molecular flexibility index (Phi) is 12.2. The van der Waals surface area contributed by atoms with Gasteiger partial charge in [-0.15, -0.1) is 6.58 Å². The van der Waals surface area contributed by atoms with Crippen LogP contribution in [0.2, 0.25) is 0 Å². The molecule has 226 valence electrons. The first-order valence-electron chi connectivity index (χ1n) is 12.9. The van der Waals surface area contributed by atoms with Crippen LogP contribution in [-0.2, 0) is 58.3 Å². The molecule has 0 aliphatic rings. The van der Waals surface area contributed by atoms with Gasteiger partial charge in [0.25, 0.3) is 0 Å². The monoisotopic (exact) mass is 582 g/mol. The Morgan fingerprint density at radius 1 is 0.707 bits per heavy atom. The molecule has 0 spiro atoms. The van der Waals surface area contributed by atoms with E-state index in [2.05, 4.69) is 11.3 Å². The molecular formula is C24H34N6O11. The third kappa shape index (κ3) is 7.77. The number of ether oxygens (including phenoxy) is 2. The SMILES string of the molecule is C=CCn1c(=O)n(CCC(=O)OC)c(=O)n(CCC(=O)OCCn2c(=O)n(CCO)c(=O)n(CCCC)c2=O)c1=O. The molecule has 0 aliphatic heterocycles. The molecule has 17 nitrogen and oxygen atoms in total. The second-order valence-corrected chi connectivity index (χ2v) is 8.73. The zero-order valence-corrected chi connectivity index (χ0v) is 23.0. The fourth-order valence-corrected chi connectivity index (χ4v) is 3.85. The van der Waals surface area contributed by atoms with E-state index in [1.807, 2.05) is 6.92 Å². The van der Waals surface area contributed by atoms with Crippen LogP contribution in [0.5, 0.6) is 0 Å². The van der Waals surface area contributed by atoms with Crippen molar-refractivity contribution in [2.75, 3.05) is 20.3 Å². The third-order valence-electron chi connectivity index (χ3n) is 6.03. The average Bonchev–Trinajstić information content (AvgIpc) is 2.94. The van der Waals surface area contributed by atoms with Crippen molar-refractivity contribution in [3.05, 3.63) is 75.6 Å². The van der Waals surface area contributed by atoms with Gasteiger partial charge in [0.05, 0.1) is 46.2 Å². The van der Waals surface area contributed by atoms with E-state index in [0.717, 1.165) is 16.2 Å². The molecule has 41 heavy (non-hydrogen) atoms. The van der Waals surface area contributed by atoms with Crippen molar-refractivity contribution in [1.82, 2.24) is 27.4 Å². The van der Waals surface area contributed by atoms with Crippen molar-refractivity contribution in [2.24, 2.45) is 0 Å². The van der Waals surface area contributed by atoms with E-state index in [1.165, 1.54) is 6.08 Å². The number of methoxy groups -OCH3 is 1. The number of aliphatic hydroxyl groups is 1. The lowest BCUT2D eigenvalue weighted by Gasteiger charge is -2.14. The minimum atomic E-state index is -1.04. The second-order valence-electron chi connectivity index (χ2n) is 8.73. The van der Waals surface area contributed by atoms with Gasteiger partial charge in [-0.25, -0.2) is 56.2 Å². The standard InChI is InChI=1S/C24H34N6O11/c1-4-6-10-26-21(36)29(13-15-31)24(39)30(22(26)37)14-16-41-18(33)8-12-28-20(35)25(9-5-2)19(34)27(23(28)38)11-7-17(32)40-3/h5,31H,2,4,6-16H2,1,3H3. The summed E-state index contributed by atoms with van der Waals surface area (Å²) in [5.74, 6) is -1.57. The van der Waals surface area contributed by atoms with Crippen molar-refractivity contribution in [1.29, 1.82) is 0 Å². The first kappa shape index (κ1) is 32.7. The molecule has 0 radical (unpaired) electrons. The Bertz CT molecular complexity index is 1620. The van der Waals surface area contributed by atoms with Crippen molar-refractivity contribution in [2.45, 2.75) is 71.9 Å². The van der Waals surface area contributed by atoms with Gasteiger partial charge in [0, 0.05) is 19.6 Å². The number of carbonyl (C=O) groups excluding carboxylic acids is 2. The Hall–Kier alpha value is -4.54. The molecule has 0 saturated carbocycles. The van der Waals surface area contributed by atoms with Crippen LogP contribution < -0.4 is 34.1 Å². The number of hydrogen-bond donors (Lipinski definition) is 1. The van der Waals surface area contributed by atoms with Crippen molar-refractivity contribution >= 4 is 11.9 Å². The molecule has 0 atom stereocenters. The summed E-state index contributed by atoms with van der Waals surface area (Å²) in [5.41, 5.74) is -5.70. The van der Waals surface area contributed by atoms with Gasteiger partial charge >= 0.3 is 46.1 Å². The number of hydrogen-bond acceptors (Lipinski definition) is 11. The van der Waals surface area contributed by atoms with Crippen LogP contribution in [0.1, 0.15) is 32.6 Å². The highest BCUT2D eigenvalue weighted by molar-refractivity contribution is 5.69. The van der Waals surface area contributed by atoms with Crippen LogP contribution in [0.25, 0.3) is 0 Å². The van der Waals surface area contributed by atoms with Gasteiger partial charge < -0.3 is 14.6 Å². The van der Waals surface area contributed by atoms with Gasteiger partial charge in [0.2, 0.25) is 0 Å². The maximum absolute atomic E-state index is 12.8. The Labute approximate surface area is 231 Å². The van der Waals surface area contributed by atoms with E-state index in [4.69, 9.17) is 4.74 Å². The highest BCUT2D eigenvalue weighted by Gasteiger charge is 2.18. The summed E-state index contributed by atoms with van der Waals surface area (Å²) >= 11 is 0. The van der Waals surface area contributed by atoms with E-state index in [0.29, 0.717) is 31.1 Å². The summed E-state index contributed by atoms with van der Waals surface area (Å²) in [6.07, 6.45) is 1.63. The second kappa shape index (κ2) is 15.3. The maximum atomic E-state index is 12.8. The topological polar surface area (TPSA) is 205 Å². The molecule has 2 aromatic heterocycles. The van der Waals surface area contributed by atoms with E-state index in [-0.39, 0.29) is 32.6 Å². The van der Waals surface area contributed by atoms with Crippen LogP contribution in [-0.4, -0.2) is 64.8 Å². The van der Waals surface area contributed by atoms with Gasteiger partial charge in [-0.1, -0.05) is 19.4 Å². The van der Waals surface area contributed by atoms with Gasteiger partial charge in [-0.3, -0.25) is 9.59 Å². The Balaban J connectivity index is 2.23. The minimum absolute atomic E-state index is 0.0551. The number of rotatable bonds is 16. The molecular weight excluding hydrogens is 548 g/mol. The summed E-state index contributed by atoms with van der Waals surface area (Å²) in [5, 5.41) is 9.22. The number of aromatic nitrogens is 6. The number of nitrogens with zero attached hydrogens (tertiary/aromatic N) is 6. The molecule has 0 amide bonds. The largest absolute Gasteiger partial charge is 0.469 e. The van der Waals surface area contributed by atoms with Crippen LogP contribution >= 0.6 is 0 Å². The quantitative estimate of drug-likeness (QED) is 0.154. The number of unbranched alkanes of at least 4 members (excludes halogenated alkanes) is 1. The van der Waals surface area contributed by atoms with Crippen molar-refractivity contribution in [3.63, 3.8) is 0 Å². The molecule has 0 saturated heterocycles. The Morgan fingerprint density at radius 3 is 1.61 bits per heavy atom. The van der Waals surface area contributed by atoms with Crippen molar-refractivity contribution in [3.8, 4) is 0 Å². The molecule has 2 heterocycles. The molecule has 0 fully saturated rings. The van der Waals surface area contributed by atoms with E-state index in [1.54, 1.807) is 0 Å². The first-order valence-corrected chi connectivity index (χ1v) is 12.9. The van der Waals surface area contributed by atoms with Crippen LogP contribution in [0.4, 0.5) is 0 Å². The van der Waals surface area contributed by atoms with E-state index >= 15 is 0 Å². The van der Waals surface area contributed by atoms with Gasteiger partial charge in [-0.2, -0.15) is 0 Å². The normalized spacial score (nSPS) is 10.9. The Morgan fingerprint density at radius 2 is 1.15 bits per heavy atom. The maximum Gasteiger partial charge on any atom is 0.336 e. The lowest BCUT2D eigenvalue weighted by molar-refractivity contribution is -0.144. The lowest BCUT2D eigenvalue weighted by atomic mass is 10.3. The fraction of sp³-hybridized carbons (Fsp3) is 0.583. The third-order valence-corrected chi connectivity index (χ3v) is 6.03. The highest BCUT2D eigenvalue weighted by atomic mass is 16.5. The molecule has 0 unspecified atom stereocenters. The smallest absolute Gasteiger partial charge is 0.336 e. The van der Waals surface area contributed by atoms with E-state index < -0.39 is 78.8 Å². The summed E-state index contributed by atoms with van der Waals surface area (Å²) in [7, 11) is 1.14. The minimum Gasteiger partial charge on any atom is -0.469 e. The molecule has 0 aromatic carbocycles. The number of carbonyl (C=O) groups is 2. The summed E-state index contributed by atoms with van der Waals surface area (Å²) < 4.78 is 13.9. The molecule has 2 rings (SSSR count). The molecule has 0 aliphatic carbocycles. The zero-order chi connectivity index (χ0) is 30.7. The van der Waals surface area contributed by atoms with Gasteiger partial charge in [0.1, 0.15) is 6.61 Å². The molecule has 1 N–H and O–H groups in total. The summed E-state index contributed by atoms with van der Waals surface area (Å²) in [6.45, 7) is 2.61. The lowest BCUT2D eigenvalue weighted by Crippen LogP contribution is -2.55. The number of esters is 2. The zero-order valence-electron chi connectivity index (χ0n) is 23.0. The van der Waals surface area contributed by atoms with Crippen LogP contribution in [0.15, 0.2) is 41.4 Å². The predicted octanol–water partition coefficient (Wildman–Crippen LogP) is -3.17. The van der Waals surface area contributed by atoms with E-state index in [9.17, 15) is 43.5 Å². The average molecular weight is 583 g/mol. The van der Waals surface area contributed by atoms with Gasteiger partial charge in [-0.05, 0) is 6.42 Å². The van der Waals surface area contributed by atoms with Crippen LogP contribution in [0, 0.1) is 0 Å². The first-order chi connectivity index (χ1) is 19.5. The van der Waals surface area contributed by atoms with Crippen molar-refractivity contribution < 1.29 is 24.2 Å². The summed E-state index contributed by atoms with van der Waals surface area (Å²) in [4.78, 5) is 100. The fourth-order valence-electron chi connectivity index (χ4n) is 3.85. The number of allylic oxidation sites excluding steroid dienone is 1. The molecule has 2 aromatic rings. The van der Waals surface area contributed by atoms with Gasteiger partial charge in [0.15, 0.2) is 0 Å². The molecule has 0 bridgehead atoms. The number of aliphatic hydroxyl groups excluding tert-OH is 1. The summed E-state index contributed by atoms with van der Waals surface area (Å²) in [6, 6.07) is 0. The highest BCUT2D eigenvalue weighted by Crippen LogP contribution is 1.93. The molecule has 17 heteroatoms.